The number of aromatic nitrogens is 3. The molecule has 1 aliphatic rings. The average molecular weight is 455 g/mol. The molecule has 7 nitrogen and oxygen atoms in total. The largest absolute Gasteiger partial charge is 0.497 e. The third kappa shape index (κ3) is 4.18. The molecule has 32 heavy (non-hydrogen) atoms. The van der Waals surface area contributed by atoms with Gasteiger partial charge >= 0.3 is 5.69 Å². The first-order chi connectivity index (χ1) is 15.0. The summed E-state index contributed by atoms with van der Waals surface area (Å²) < 4.78 is 14.5. The van der Waals surface area contributed by atoms with Gasteiger partial charge in [0.2, 0.25) is 0 Å². The number of morpholine rings is 1. The number of hydrogen-bond donors (Lipinski definition) is 0. The van der Waals surface area contributed by atoms with E-state index in [1.165, 1.54) is 9.39 Å². The molecular formula is C24H30N4O3S. The van der Waals surface area contributed by atoms with Gasteiger partial charge < -0.3 is 9.47 Å². The van der Waals surface area contributed by atoms with Crippen molar-refractivity contribution in [3.8, 4) is 5.75 Å². The van der Waals surface area contributed by atoms with Gasteiger partial charge in [0.1, 0.15) is 10.6 Å². The zero-order valence-corrected chi connectivity index (χ0v) is 18.8. The molecular weight excluding hydrogens is 424 g/mol. The van der Waals surface area contributed by atoms with Gasteiger partial charge in [-0.1, -0.05) is 19.6 Å². The molecule has 0 unspecified atom stereocenters. The average Bonchev–Trinajstić information content (AvgIpc) is 3.38. The van der Waals surface area contributed by atoms with Gasteiger partial charge in [0, 0.05) is 29.9 Å². The second-order valence-electron chi connectivity index (χ2n) is 8.23. The molecule has 0 N–H and O–H groups in total. The third-order valence-electron chi connectivity index (χ3n) is 5.71. The van der Waals surface area contributed by atoms with Crippen LogP contribution >= 0.6 is 11.3 Å². The summed E-state index contributed by atoms with van der Waals surface area (Å²) in [5.74, 6) is 0.802. The van der Waals surface area contributed by atoms with Gasteiger partial charge in [-0.15, -0.1) is 11.3 Å². The predicted octanol–water partition coefficient (Wildman–Crippen LogP) is 4.01. The first-order valence-electron chi connectivity index (χ1n) is 10.5. The summed E-state index contributed by atoms with van der Waals surface area (Å²) in [6, 6.07) is 12.0. The van der Waals surface area contributed by atoms with Crippen LogP contribution in [0.3, 0.4) is 0 Å². The van der Waals surface area contributed by atoms with E-state index in [-0.39, 0.29) is 25.3 Å². The molecule has 0 saturated carbocycles. The van der Waals surface area contributed by atoms with Gasteiger partial charge in [-0.3, -0.25) is 9.47 Å². The smallest absolute Gasteiger partial charge is 0.350 e. The van der Waals surface area contributed by atoms with Gasteiger partial charge in [-0.05, 0) is 43.7 Å². The molecule has 0 radical (unpaired) electrons. The third-order valence-corrected chi connectivity index (χ3v) is 6.86. The van der Waals surface area contributed by atoms with Crippen molar-refractivity contribution in [1.82, 2.24) is 19.1 Å². The lowest BCUT2D eigenvalue weighted by atomic mass is 10.2. The van der Waals surface area contributed by atoms with E-state index >= 15 is 0 Å². The Labute approximate surface area is 191 Å². The second-order valence-corrected chi connectivity index (χ2v) is 9.34. The predicted molar refractivity (Wildman–Crippen MR) is 129 cm³/mol. The lowest BCUT2D eigenvalue weighted by molar-refractivity contribution is -0.0702. The molecule has 170 valence electrons. The van der Waals surface area contributed by atoms with Gasteiger partial charge in [-0.25, -0.2) is 4.79 Å². The number of hydrogen-bond acceptors (Lipinski definition) is 6. The van der Waals surface area contributed by atoms with Crippen LogP contribution in [0.1, 0.15) is 31.7 Å². The highest BCUT2D eigenvalue weighted by atomic mass is 32.1. The molecule has 0 aliphatic carbocycles. The van der Waals surface area contributed by atoms with Crippen molar-refractivity contribution >= 4 is 27.1 Å². The zero-order chi connectivity index (χ0) is 21.5. The number of rotatable bonds is 5. The summed E-state index contributed by atoms with van der Waals surface area (Å²) in [6.45, 7) is 7.42. The Morgan fingerprint density at radius 1 is 1.12 bits per heavy atom. The van der Waals surface area contributed by atoms with E-state index in [1.54, 1.807) is 24.6 Å². The quantitative estimate of drug-likeness (QED) is 0.456. The summed E-state index contributed by atoms with van der Waals surface area (Å²) >= 11 is 1.69. The van der Waals surface area contributed by atoms with Crippen molar-refractivity contribution < 1.29 is 9.47 Å². The SMILES string of the molecule is C.COc1ccc(Cn2c(=O)n3nccc3c3cc(CN4C[C@@H](C)O[C@@H](C)C4)sc32)cc1. The van der Waals surface area contributed by atoms with Crippen LogP contribution in [0.2, 0.25) is 0 Å². The zero-order valence-electron chi connectivity index (χ0n) is 17.9. The molecule has 1 saturated heterocycles. The van der Waals surface area contributed by atoms with Crippen molar-refractivity contribution in [2.24, 2.45) is 0 Å². The molecule has 0 spiro atoms. The molecule has 8 heteroatoms. The lowest BCUT2D eigenvalue weighted by Gasteiger charge is -2.34. The molecule has 4 aromatic rings. The fourth-order valence-corrected chi connectivity index (χ4v) is 5.64. The van der Waals surface area contributed by atoms with E-state index in [0.717, 1.165) is 46.7 Å². The monoisotopic (exact) mass is 454 g/mol. The van der Waals surface area contributed by atoms with Crippen LogP contribution in [0.15, 0.2) is 47.4 Å². The van der Waals surface area contributed by atoms with Crippen LogP contribution < -0.4 is 10.4 Å². The minimum absolute atomic E-state index is 0. The van der Waals surface area contributed by atoms with Crippen LogP contribution in [0.5, 0.6) is 5.75 Å². The first kappa shape index (κ1) is 22.5. The number of thiophene rings is 1. The number of methoxy groups -OCH3 is 1. The Hall–Kier alpha value is -2.68. The van der Waals surface area contributed by atoms with E-state index in [2.05, 4.69) is 29.9 Å². The standard InChI is InChI=1S/C23H26N4O3S.CH4/c1-15-11-25(12-16(2)30-15)14-19-10-20-21-8-9-24-27(21)23(28)26(22(20)31-19)13-17-4-6-18(29-3)7-5-17;/h4-10,15-16H,11-14H2,1-3H3;1H4/t15-,16+;. The van der Waals surface area contributed by atoms with Crippen molar-refractivity contribution in [2.75, 3.05) is 20.2 Å². The van der Waals surface area contributed by atoms with Crippen molar-refractivity contribution in [3.63, 3.8) is 0 Å². The van der Waals surface area contributed by atoms with Crippen LogP contribution in [-0.4, -0.2) is 51.5 Å². The Morgan fingerprint density at radius 3 is 2.53 bits per heavy atom. The minimum atomic E-state index is -0.120. The summed E-state index contributed by atoms with van der Waals surface area (Å²) in [4.78, 5) is 17.9. The Bertz CT molecular complexity index is 1260. The number of ether oxygens (including phenoxy) is 2. The second kappa shape index (κ2) is 9.05. The molecule has 0 bridgehead atoms. The summed E-state index contributed by atoms with van der Waals surface area (Å²) in [5, 5.41) is 5.35. The Morgan fingerprint density at radius 2 is 1.84 bits per heavy atom. The minimum Gasteiger partial charge on any atom is -0.497 e. The first-order valence-corrected chi connectivity index (χ1v) is 11.3. The van der Waals surface area contributed by atoms with Crippen LogP contribution in [0.25, 0.3) is 15.7 Å². The maximum absolute atomic E-state index is 13.2. The highest BCUT2D eigenvalue weighted by Gasteiger charge is 2.23. The molecule has 5 rings (SSSR count). The van der Waals surface area contributed by atoms with Crippen LogP contribution in [-0.2, 0) is 17.8 Å². The van der Waals surface area contributed by atoms with E-state index in [9.17, 15) is 4.79 Å². The molecule has 1 aliphatic heterocycles. The maximum Gasteiger partial charge on any atom is 0.350 e. The van der Waals surface area contributed by atoms with Crippen molar-refractivity contribution in [1.29, 1.82) is 0 Å². The molecule has 4 heterocycles. The molecule has 1 aromatic carbocycles. The van der Waals surface area contributed by atoms with Gasteiger partial charge in [-0.2, -0.15) is 9.61 Å². The Kier molecular flexibility index (Phi) is 6.37. The van der Waals surface area contributed by atoms with Crippen LogP contribution in [0, 0.1) is 0 Å². The fraction of sp³-hybridized carbons (Fsp3) is 0.417. The van der Waals surface area contributed by atoms with E-state index < -0.39 is 0 Å². The van der Waals surface area contributed by atoms with E-state index in [0.29, 0.717) is 6.54 Å². The number of nitrogens with zero attached hydrogens (tertiary/aromatic N) is 4. The van der Waals surface area contributed by atoms with Crippen molar-refractivity contribution in [3.05, 3.63) is 63.5 Å². The van der Waals surface area contributed by atoms with Gasteiger partial charge in [0.15, 0.2) is 0 Å². The molecule has 1 fully saturated rings. The highest BCUT2D eigenvalue weighted by molar-refractivity contribution is 7.18. The van der Waals surface area contributed by atoms with Crippen LogP contribution in [0.4, 0.5) is 0 Å². The molecule has 3 aromatic heterocycles. The van der Waals surface area contributed by atoms with E-state index in [1.807, 2.05) is 34.9 Å². The summed E-state index contributed by atoms with van der Waals surface area (Å²) in [7, 11) is 1.65. The topological polar surface area (TPSA) is 61.0 Å². The van der Waals surface area contributed by atoms with Gasteiger partial charge in [0.05, 0.1) is 37.6 Å². The highest BCUT2D eigenvalue weighted by Crippen LogP contribution is 2.30. The molecule has 0 amide bonds. The van der Waals surface area contributed by atoms with Crippen molar-refractivity contribution in [2.45, 2.75) is 46.6 Å². The number of benzene rings is 1. The number of fused-ring (bicyclic) bond motifs is 3. The van der Waals surface area contributed by atoms with E-state index in [4.69, 9.17) is 9.47 Å². The van der Waals surface area contributed by atoms with Gasteiger partial charge in [0.25, 0.3) is 0 Å². The summed E-state index contributed by atoms with van der Waals surface area (Å²) in [5.41, 5.74) is 1.78. The molecule has 2 atom stereocenters. The normalized spacial score (nSPS) is 19.3. The fourth-order valence-electron chi connectivity index (χ4n) is 4.44. The Balaban J connectivity index is 0.00000245. The summed E-state index contributed by atoms with van der Waals surface area (Å²) in [6.07, 6.45) is 2.15. The maximum atomic E-state index is 13.2. The lowest BCUT2D eigenvalue weighted by Crippen LogP contribution is -2.44.